The van der Waals surface area contributed by atoms with Gasteiger partial charge in [-0.2, -0.15) is 5.10 Å². The van der Waals surface area contributed by atoms with Gasteiger partial charge in [0.15, 0.2) is 0 Å². The lowest BCUT2D eigenvalue weighted by Gasteiger charge is -2.26. The standard InChI is InChI=1S/C16H24N6O/c1-13-7-20-22(11-13)12-14(2)17-8-15-9-18-16(19-10-15)21-3-5-23-6-4-21/h7,9-11,14,17H,3-6,8,12H2,1-2H3/t14-/m0/s1. The van der Waals surface area contributed by atoms with Crippen LogP contribution in [-0.2, 0) is 17.8 Å². The SMILES string of the molecule is Cc1cnn(C[C@H](C)NCc2cnc(N3CCOCC3)nc2)c1. The van der Waals surface area contributed by atoms with E-state index in [2.05, 4.69) is 45.3 Å². The van der Waals surface area contributed by atoms with Gasteiger partial charge in [0.25, 0.3) is 0 Å². The van der Waals surface area contributed by atoms with Crippen molar-refractivity contribution in [3.8, 4) is 0 Å². The van der Waals surface area contributed by atoms with E-state index in [-0.39, 0.29) is 0 Å². The highest BCUT2D eigenvalue weighted by molar-refractivity contribution is 5.30. The Morgan fingerprint density at radius 1 is 1.22 bits per heavy atom. The van der Waals surface area contributed by atoms with E-state index in [1.54, 1.807) is 0 Å². The molecule has 0 spiro atoms. The predicted molar refractivity (Wildman–Crippen MR) is 88.3 cm³/mol. The van der Waals surface area contributed by atoms with Gasteiger partial charge in [0.2, 0.25) is 5.95 Å². The van der Waals surface area contributed by atoms with Crippen LogP contribution in [0.5, 0.6) is 0 Å². The third-order valence-corrected chi connectivity index (χ3v) is 3.86. The van der Waals surface area contributed by atoms with Gasteiger partial charge in [-0.05, 0) is 19.4 Å². The molecule has 0 unspecified atom stereocenters. The number of aryl methyl sites for hydroxylation is 1. The molecule has 124 valence electrons. The lowest BCUT2D eigenvalue weighted by atomic mass is 10.3. The van der Waals surface area contributed by atoms with Crippen molar-refractivity contribution in [1.82, 2.24) is 25.1 Å². The first-order valence-electron chi connectivity index (χ1n) is 8.07. The first kappa shape index (κ1) is 15.9. The topological polar surface area (TPSA) is 68.1 Å². The van der Waals surface area contributed by atoms with E-state index >= 15 is 0 Å². The van der Waals surface area contributed by atoms with Crippen LogP contribution in [0, 0.1) is 6.92 Å². The van der Waals surface area contributed by atoms with E-state index in [0.29, 0.717) is 6.04 Å². The van der Waals surface area contributed by atoms with Gasteiger partial charge in [0.05, 0.1) is 26.0 Å². The molecule has 7 heteroatoms. The summed E-state index contributed by atoms with van der Waals surface area (Å²) in [5.74, 6) is 0.789. The molecule has 0 radical (unpaired) electrons. The quantitative estimate of drug-likeness (QED) is 0.857. The van der Waals surface area contributed by atoms with Crippen LogP contribution in [0.4, 0.5) is 5.95 Å². The highest BCUT2D eigenvalue weighted by atomic mass is 16.5. The Morgan fingerprint density at radius 2 is 1.96 bits per heavy atom. The molecule has 2 aromatic rings. The summed E-state index contributed by atoms with van der Waals surface area (Å²) < 4.78 is 7.31. The molecule has 1 N–H and O–H groups in total. The summed E-state index contributed by atoms with van der Waals surface area (Å²) in [4.78, 5) is 11.1. The summed E-state index contributed by atoms with van der Waals surface area (Å²) in [6.45, 7) is 9.02. The van der Waals surface area contributed by atoms with Crippen LogP contribution in [0.15, 0.2) is 24.8 Å². The molecule has 0 amide bonds. The molecular formula is C16H24N6O. The second kappa shape index (κ2) is 7.52. The molecule has 3 rings (SSSR count). The number of hydrogen-bond acceptors (Lipinski definition) is 6. The Morgan fingerprint density at radius 3 is 2.61 bits per heavy atom. The van der Waals surface area contributed by atoms with Crippen molar-refractivity contribution >= 4 is 5.95 Å². The smallest absolute Gasteiger partial charge is 0.225 e. The molecule has 0 aromatic carbocycles. The van der Waals surface area contributed by atoms with Crippen LogP contribution < -0.4 is 10.2 Å². The van der Waals surface area contributed by atoms with Gasteiger partial charge in [0, 0.05) is 49.8 Å². The van der Waals surface area contributed by atoms with Crippen LogP contribution in [0.2, 0.25) is 0 Å². The molecule has 0 bridgehead atoms. The second-order valence-electron chi connectivity index (χ2n) is 6.01. The average molecular weight is 316 g/mol. The fourth-order valence-corrected chi connectivity index (χ4v) is 2.57. The largest absolute Gasteiger partial charge is 0.378 e. The van der Waals surface area contributed by atoms with Gasteiger partial charge < -0.3 is 15.0 Å². The van der Waals surface area contributed by atoms with Gasteiger partial charge in [-0.3, -0.25) is 4.68 Å². The fraction of sp³-hybridized carbons (Fsp3) is 0.562. The summed E-state index contributed by atoms with van der Waals surface area (Å²) in [5.41, 5.74) is 2.27. The zero-order valence-electron chi connectivity index (χ0n) is 13.8. The average Bonchev–Trinajstić information content (AvgIpc) is 2.99. The van der Waals surface area contributed by atoms with Crippen LogP contribution in [0.1, 0.15) is 18.1 Å². The molecular weight excluding hydrogens is 292 g/mol. The predicted octanol–water partition coefficient (Wildman–Crippen LogP) is 0.996. The van der Waals surface area contributed by atoms with Crippen molar-refractivity contribution in [2.45, 2.75) is 33.0 Å². The van der Waals surface area contributed by atoms with Gasteiger partial charge >= 0.3 is 0 Å². The number of aromatic nitrogens is 4. The number of nitrogens with zero attached hydrogens (tertiary/aromatic N) is 5. The molecule has 23 heavy (non-hydrogen) atoms. The number of anilines is 1. The number of morpholine rings is 1. The molecule has 0 saturated carbocycles. The lowest BCUT2D eigenvalue weighted by Crippen LogP contribution is -2.37. The van der Waals surface area contributed by atoms with Gasteiger partial charge in [-0.15, -0.1) is 0 Å². The Kier molecular flexibility index (Phi) is 5.19. The molecule has 7 nitrogen and oxygen atoms in total. The lowest BCUT2D eigenvalue weighted by molar-refractivity contribution is 0.122. The van der Waals surface area contributed by atoms with Crippen molar-refractivity contribution in [2.75, 3.05) is 31.2 Å². The zero-order valence-corrected chi connectivity index (χ0v) is 13.8. The molecule has 1 aliphatic heterocycles. The minimum Gasteiger partial charge on any atom is -0.378 e. The number of rotatable bonds is 6. The van der Waals surface area contributed by atoms with Crippen LogP contribution in [-0.4, -0.2) is 52.1 Å². The monoisotopic (exact) mass is 316 g/mol. The third-order valence-electron chi connectivity index (χ3n) is 3.86. The van der Waals surface area contributed by atoms with E-state index in [1.807, 2.05) is 23.3 Å². The van der Waals surface area contributed by atoms with Gasteiger partial charge in [0.1, 0.15) is 0 Å². The molecule has 2 aromatic heterocycles. The summed E-state index contributed by atoms with van der Waals surface area (Å²) in [6, 6.07) is 0.327. The van der Waals surface area contributed by atoms with E-state index < -0.39 is 0 Å². The van der Waals surface area contributed by atoms with Crippen molar-refractivity contribution < 1.29 is 4.74 Å². The molecule has 1 aliphatic rings. The minimum atomic E-state index is 0.327. The molecule has 1 atom stereocenters. The molecule has 1 fully saturated rings. The minimum absolute atomic E-state index is 0.327. The molecule has 0 aliphatic carbocycles. The number of nitrogens with one attached hydrogen (secondary N) is 1. The van der Waals surface area contributed by atoms with Crippen LogP contribution >= 0.6 is 0 Å². The Bertz CT molecular complexity index is 605. The van der Waals surface area contributed by atoms with Crippen LogP contribution in [0.3, 0.4) is 0 Å². The van der Waals surface area contributed by atoms with Gasteiger partial charge in [-0.1, -0.05) is 0 Å². The van der Waals surface area contributed by atoms with Crippen molar-refractivity contribution in [2.24, 2.45) is 0 Å². The second-order valence-corrected chi connectivity index (χ2v) is 6.01. The summed E-state index contributed by atoms with van der Waals surface area (Å²) in [7, 11) is 0. The maximum Gasteiger partial charge on any atom is 0.225 e. The van der Waals surface area contributed by atoms with Crippen molar-refractivity contribution in [1.29, 1.82) is 0 Å². The summed E-state index contributed by atoms with van der Waals surface area (Å²) in [6.07, 6.45) is 7.73. The normalized spacial score (nSPS) is 16.5. The zero-order chi connectivity index (χ0) is 16.1. The Labute approximate surface area is 136 Å². The highest BCUT2D eigenvalue weighted by Crippen LogP contribution is 2.09. The maximum absolute atomic E-state index is 5.35. The Hall–Kier alpha value is -1.99. The molecule has 3 heterocycles. The number of ether oxygens (including phenoxy) is 1. The van der Waals surface area contributed by atoms with Gasteiger partial charge in [-0.25, -0.2) is 9.97 Å². The summed E-state index contributed by atoms with van der Waals surface area (Å²) in [5, 5.41) is 7.79. The summed E-state index contributed by atoms with van der Waals surface area (Å²) >= 11 is 0. The first-order chi connectivity index (χ1) is 11.2. The maximum atomic E-state index is 5.35. The van der Waals surface area contributed by atoms with Crippen molar-refractivity contribution in [3.63, 3.8) is 0 Å². The fourth-order valence-electron chi connectivity index (χ4n) is 2.57. The third kappa shape index (κ3) is 4.49. The van der Waals surface area contributed by atoms with Crippen molar-refractivity contribution in [3.05, 3.63) is 35.9 Å². The first-order valence-corrected chi connectivity index (χ1v) is 8.07. The van der Waals surface area contributed by atoms with Crippen LogP contribution in [0.25, 0.3) is 0 Å². The molecule has 1 saturated heterocycles. The van der Waals surface area contributed by atoms with E-state index in [4.69, 9.17) is 4.74 Å². The Balaban J connectivity index is 1.48. The van der Waals surface area contributed by atoms with E-state index in [9.17, 15) is 0 Å². The van der Waals surface area contributed by atoms with E-state index in [0.717, 1.165) is 50.9 Å². The van der Waals surface area contributed by atoms with E-state index in [1.165, 1.54) is 5.56 Å². The number of hydrogen-bond donors (Lipinski definition) is 1. The highest BCUT2D eigenvalue weighted by Gasteiger charge is 2.13.